The first-order chi connectivity index (χ1) is 6.12. The van der Waals surface area contributed by atoms with Gasteiger partial charge in [0.15, 0.2) is 5.82 Å². The molecule has 13 heavy (non-hydrogen) atoms. The van der Waals surface area contributed by atoms with Gasteiger partial charge in [0.25, 0.3) is 0 Å². The van der Waals surface area contributed by atoms with E-state index >= 15 is 0 Å². The van der Waals surface area contributed by atoms with Gasteiger partial charge in [0.1, 0.15) is 0 Å². The molecule has 0 aliphatic heterocycles. The van der Waals surface area contributed by atoms with Gasteiger partial charge in [-0.2, -0.15) is 4.39 Å². The average Bonchev–Trinajstić information content (AvgIpc) is 2.06. The lowest BCUT2D eigenvalue weighted by atomic mass is 9.76. The highest BCUT2D eigenvalue weighted by Crippen LogP contribution is 2.40. The number of rotatable bonds is 1. The van der Waals surface area contributed by atoms with E-state index in [1.165, 1.54) is 6.20 Å². The quantitative estimate of drug-likeness (QED) is 0.676. The normalized spacial score (nSPS) is 19.6. The molecule has 0 spiro atoms. The van der Waals surface area contributed by atoms with Gasteiger partial charge in [-0.25, -0.2) is 9.37 Å². The maximum Gasteiger partial charge on any atom is 0.248 e. The molecule has 1 heterocycles. The molecular weight excluding hydrogens is 176 g/mol. The van der Waals surface area contributed by atoms with Gasteiger partial charge in [-0.15, -0.1) is 0 Å². The smallest absolute Gasteiger partial charge is 0.248 e. The zero-order chi connectivity index (χ0) is 9.47. The van der Waals surface area contributed by atoms with Crippen LogP contribution in [0.1, 0.15) is 24.8 Å². The summed E-state index contributed by atoms with van der Waals surface area (Å²) in [5.74, 6) is -2.12. The van der Waals surface area contributed by atoms with Crippen LogP contribution in [0.2, 0.25) is 0 Å². The number of aliphatic hydroxyl groups is 1. The summed E-state index contributed by atoms with van der Waals surface area (Å²) in [4.78, 5) is 3.23. The number of hydrogen-bond donors (Lipinski definition) is 1. The van der Waals surface area contributed by atoms with Gasteiger partial charge >= 0.3 is 0 Å². The molecule has 1 saturated carbocycles. The molecule has 0 bridgehead atoms. The Balaban J connectivity index is 2.36. The van der Waals surface area contributed by atoms with E-state index in [4.69, 9.17) is 0 Å². The molecule has 4 heteroatoms. The SMILES string of the molecule is OC1(c2cnc(F)c(F)c2)CCC1. The van der Waals surface area contributed by atoms with E-state index in [1.54, 1.807) is 0 Å². The molecule has 1 fully saturated rings. The van der Waals surface area contributed by atoms with Gasteiger partial charge in [0.05, 0.1) is 5.60 Å². The molecule has 0 aromatic carbocycles. The van der Waals surface area contributed by atoms with Gasteiger partial charge in [-0.3, -0.25) is 0 Å². The Kier molecular flexibility index (Phi) is 1.80. The largest absolute Gasteiger partial charge is 0.385 e. The van der Waals surface area contributed by atoms with Crippen molar-refractivity contribution in [1.82, 2.24) is 4.98 Å². The van der Waals surface area contributed by atoms with E-state index in [9.17, 15) is 13.9 Å². The summed E-state index contributed by atoms with van der Waals surface area (Å²) < 4.78 is 25.2. The van der Waals surface area contributed by atoms with Crippen LogP contribution in [-0.2, 0) is 5.60 Å². The number of aromatic nitrogens is 1. The van der Waals surface area contributed by atoms with Crippen molar-refractivity contribution in [3.8, 4) is 0 Å². The zero-order valence-corrected chi connectivity index (χ0v) is 6.93. The Morgan fingerprint density at radius 2 is 2.08 bits per heavy atom. The minimum absolute atomic E-state index is 0.373. The van der Waals surface area contributed by atoms with Gasteiger partial charge in [0.2, 0.25) is 5.95 Å². The molecule has 1 N–H and O–H groups in total. The van der Waals surface area contributed by atoms with Crippen molar-refractivity contribution in [3.05, 3.63) is 29.6 Å². The topological polar surface area (TPSA) is 33.1 Å². The fourth-order valence-electron chi connectivity index (χ4n) is 1.48. The second-order valence-electron chi connectivity index (χ2n) is 3.38. The van der Waals surface area contributed by atoms with Crippen LogP contribution in [-0.4, -0.2) is 10.1 Å². The van der Waals surface area contributed by atoms with Crippen molar-refractivity contribution >= 4 is 0 Å². The van der Waals surface area contributed by atoms with Gasteiger partial charge in [0, 0.05) is 11.8 Å². The Hall–Kier alpha value is -1.03. The molecule has 0 atom stereocenters. The Labute approximate surface area is 74.2 Å². The molecule has 2 rings (SSSR count). The van der Waals surface area contributed by atoms with Crippen LogP contribution in [0.25, 0.3) is 0 Å². The molecule has 1 aromatic heterocycles. The van der Waals surface area contributed by atoms with Crippen molar-refractivity contribution in [2.75, 3.05) is 0 Å². The average molecular weight is 185 g/mol. The van der Waals surface area contributed by atoms with Crippen molar-refractivity contribution in [2.24, 2.45) is 0 Å². The van der Waals surface area contributed by atoms with Crippen LogP contribution in [0.4, 0.5) is 8.78 Å². The van der Waals surface area contributed by atoms with E-state index in [2.05, 4.69) is 4.98 Å². The third-order valence-corrected chi connectivity index (χ3v) is 2.51. The fraction of sp³-hybridized carbons (Fsp3) is 0.444. The molecule has 0 unspecified atom stereocenters. The molecular formula is C9H9F2NO. The maximum absolute atomic E-state index is 12.7. The lowest BCUT2D eigenvalue weighted by molar-refractivity contribution is -0.0394. The highest BCUT2D eigenvalue weighted by Gasteiger charge is 2.36. The van der Waals surface area contributed by atoms with Gasteiger partial charge in [-0.1, -0.05) is 0 Å². The monoisotopic (exact) mass is 185 g/mol. The molecule has 1 aliphatic carbocycles. The standard InChI is InChI=1S/C9H9F2NO/c10-7-4-6(5-12-8(7)11)9(13)2-1-3-9/h4-5,13H,1-3H2. The highest BCUT2D eigenvalue weighted by atomic mass is 19.2. The van der Waals surface area contributed by atoms with Crippen LogP contribution < -0.4 is 0 Å². The van der Waals surface area contributed by atoms with Crippen LogP contribution >= 0.6 is 0 Å². The zero-order valence-electron chi connectivity index (χ0n) is 6.93. The predicted molar refractivity (Wildman–Crippen MR) is 41.9 cm³/mol. The van der Waals surface area contributed by atoms with E-state index in [0.29, 0.717) is 18.4 Å². The fourth-order valence-corrected chi connectivity index (χ4v) is 1.48. The van der Waals surface area contributed by atoms with E-state index < -0.39 is 17.4 Å². The van der Waals surface area contributed by atoms with E-state index in [-0.39, 0.29) is 0 Å². The first kappa shape index (κ1) is 8.56. The highest BCUT2D eigenvalue weighted by molar-refractivity contribution is 5.21. The summed E-state index contributed by atoms with van der Waals surface area (Å²) in [5, 5.41) is 9.77. The van der Waals surface area contributed by atoms with Gasteiger partial charge < -0.3 is 5.11 Å². The summed E-state index contributed by atoms with van der Waals surface area (Å²) in [7, 11) is 0. The number of halogens is 2. The van der Waals surface area contributed by atoms with E-state index in [1.807, 2.05) is 0 Å². The van der Waals surface area contributed by atoms with Crippen molar-refractivity contribution in [1.29, 1.82) is 0 Å². The summed E-state index contributed by atoms with van der Waals surface area (Å²) >= 11 is 0. The lowest BCUT2D eigenvalue weighted by Crippen LogP contribution is -2.33. The summed E-state index contributed by atoms with van der Waals surface area (Å²) in [6.07, 6.45) is 3.30. The van der Waals surface area contributed by atoms with Crippen LogP contribution in [0.3, 0.4) is 0 Å². The number of hydrogen-bond acceptors (Lipinski definition) is 2. The Morgan fingerprint density at radius 1 is 1.38 bits per heavy atom. The Morgan fingerprint density at radius 3 is 2.54 bits per heavy atom. The molecule has 1 aromatic rings. The molecule has 2 nitrogen and oxygen atoms in total. The number of pyridine rings is 1. The predicted octanol–water partition coefficient (Wildman–Crippen LogP) is 1.73. The minimum atomic E-state index is -1.12. The van der Waals surface area contributed by atoms with Crippen molar-refractivity contribution in [3.63, 3.8) is 0 Å². The van der Waals surface area contributed by atoms with Crippen LogP contribution in [0.15, 0.2) is 12.3 Å². The molecule has 0 amide bonds. The second kappa shape index (κ2) is 2.73. The molecule has 0 saturated heterocycles. The second-order valence-corrected chi connectivity index (χ2v) is 3.38. The first-order valence-corrected chi connectivity index (χ1v) is 4.16. The van der Waals surface area contributed by atoms with Crippen LogP contribution in [0, 0.1) is 11.8 Å². The molecule has 70 valence electrons. The summed E-state index contributed by atoms with van der Waals surface area (Å²) in [5.41, 5.74) is -0.598. The third kappa shape index (κ3) is 1.31. The maximum atomic E-state index is 12.7. The third-order valence-electron chi connectivity index (χ3n) is 2.51. The lowest BCUT2D eigenvalue weighted by Gasteiger charge is -2.36. The summed E-state index contributed by atoms with van der Waals surface area (Å²) in [6, 6.07) is 1.02. The number of nitrogens with zero attached hydrogens (tertiary/aromatic N) is 1. The molecule has 0 radical (unpaired) electrons. The minimum Gasteiger partial charge on any atom is -0.385 e. The Bertz CT molecular complexity index is 336. The van der Waals surface area contributed by atoms with E-state index in [0.717, 1.165) is 12.5 Å². The van der Waals surface area contributed by atoms with Crippen molar-refractivity contribution < 1.29 is 13.9 Å². The molecule has 1 aliphatic rings. The van der Waals surface area contributed by atoms with Crippen molar-refractivity contribution in [2.45, 2.75) is 24.9 Å². The first-order valence-electron chi connectivity index (χ1n) is 4.16. The summed E-state index contributed by atoms with van der Waals surface area (Å²) in [6.45, 7) is 0. The van der Waals surface area contributed by atoms with Gasteiger partial charge in [-0.05, 0) is 25.3 Å². The van der Waals surface area contributed by atoms with Crippen LogP contribution in [0.5, 0.6) is 0 Å².